The van der Waals surface area contributed by atoms with Gasteiger partial charge in [0.25, 0.3) is 0 Å². The molecule has 2 aliphatic rings. The summed E-state index contributed by atoms with van der Waals surface area (Å²) in [5.74, 6) is 1.11. The number of carbonyl (C=O) groups excluding carboxylic acids is 1. The Bertz CT molecular complexity index is 289. The maximum Gasteiger partial charge on any atom is 0.220 e. The van der Waals surface area contributed by atoms with Gasteiger partial charge in [-0.05, 0) is 39.0 Å². The van der Waals surface area contributed by atoms with Crippen molar-refractivity contribution < 1.29 is 4.79 Å². The SMILES string of the molecule is CC(C)N1CCC(NC(=O)CCC2CCCCC2)CC1. The van der Waals surface area contributed by atoms with Gasteiger partial charge in [-0.1, -0.05) is 32.1 Å². The van der Waals surface area contributed by atoms with Gasteiger partial charge in [0, 0.05) is 31.6 Å². The molecule has 0 atom stereocenters. The number of hydrogen-bond acceptors (Lipinski definition) is 2. The molecule has 3 heteroatoms. The first-order chi connectivity index (χ1) is 9.65. The van der Waals surface area contributed by atoms with Crippen LogP contribution >= 0.6 is 0 Å². The molecule has 0 bridgehead atoms. The van der Waals surface area contributed by atoms with Crippen molar-refractivity contribution >= 4 is 5.91 Å². The topological polar surface area (TPSA) is 32.3 Å². The van der Waals surface area contributed by atoms with E-state index in [9.17, 15) is 4.79 Å². The van der Waals surface area contributed by atoms with Gasteiger partial charge in [0.15, 0.2) is 0 Å². The molecule has 1 amide bonds. The summed E-state index contributed by atoms with van der Waals surface area (Å²) in [5, 5.41) is 3.25. The number of hydrogen-bond donors (Lipinski definition) is 1. The van der Waals surface area contributed by atoms with Gasteiger partial charge in [0.05, 0.1) is 0 Å². The van der Waals surface area contributed by atoms with Gasteiger partial charge in [-0.15, -0.1) is 0 Å². The lowest BCUT2D eigenvalue weighted by Gasteiger charge is -2.35. The summed E-state index contributed by atoms with van der Waals surface area (Å²) >= 11 is 0. The Morgan fingerprint density at radius 1 is 1.10 bits per heavy atom. The second-order valence-corrected chi connectivity index (χ2v) is 7.01. The van der Waals surface area contributed by atoms with Crippen LogP contribution in [0.4, 0.5) is 0 Å². The number of nitrogens with zero attached hydrogens (tertiary/aromatic N) is 1. The molecule has 20 heavy (non-hydrogen) atoms. The van der Waals surface area contributed by atoms with Crippen molar-refractivity contribution in [1.29, 1.82) is 0 Å². The highest BCUT2D eigenvalue weighted by molar-refractivity contribution is 5.76. The summed E-state index contributed by atoms with van der Waals surface area (Å²) < 4.78 is 0. The lowest BCUT2D eigenvalue weighted by atomic mass is 9.86. The largest absolute Gasteiger partial charge is 0.353 e. The Hall–Kier alpha value is -0.570. The summed E-state index contributed by atoms with van der Waals surface area (Å²) in [6.45, 7) is 6.77. The summed E-state index contributed by atoms with van der Waals surface area (Å²) in [6, 6.07) is 1.06. The molecule has 0 aromatic rings. The molecule has 0 aromatic carbocycles. The molecule has 1 saturated carbocycles. The Balaban J connectivity index is 1.60. The number of rotatable bonds is 5. The fourth-order valence-electron chi connectivity index (χ4n) is 3.67. The second kappa shape index (κ2) is 8.02. The molecule has 1 aliphatic carbocycles. The second-order valence-electron chi connectivity index (χ2n) is 7.01. The lowest BCUT2D eigenvalue weighted by Crippen LogP contribution is -2.46. The predicted octanol–water partition coefficient (Wildman–Crippen LogP) is 3.34. The third-order valence-electron chi connectivity index (χ3n) is 5.13. The number of piperidine rings is 1. The molecule has 1 saturated heterocycles. The van der Waals surface area contributed by atoms with Gasteiger partial charge in [0.1, 0.15) is 0 Å². The van der Waals surface area contributed by atoms with Crippen molar-refractivity contribution in [3.63, 3.8) is 0 Å². The number of likely N-dealkylation sites (tertiary alicyclic amines) is 1. The van der Waals surface area contributed by atoms with Crippen LogP contribution in [-0.4, -0.2) is 36.0 Å². The van der Waals surface area contributed by atoms with E-state index in [1.165, 1.54) is 32.1 Å². The molecule has 0 spiro atoms. The fourth-order valence-corrected chi connectivity index (χ4v) is 3.67. The van der Waals surface area contributed by atoms with Crippen LogP contribution in [0.25, 0.3) is 0 Å². The molecule has 0 unspecified atom stereocenters. The molecule has 2 rings (SSSR count). The first-order valence-corrected chi connectivity index (χ1v) is 8.68. The number of carbonyl (C=O) groups is 1. The van der Waals surface area contributed by atoms with E-state index in [-0.39, 0.29) is 0 Å². The first kappa shape index (κ1) is 15.8. The zero-order chi connectivity index (χ0) is 14.4. The molecule has 0 aromatic heterocycles. The predicted molar refractivity (Wildman–Crippen MR) is 83.7 cm³/mol. The summed E-state index contributed by atoms with van der Waals surface area (Å²) in [5.41, 5.74) is 0. The number of nitrogens with one attached hydrogen (secondary N) is 1. The summed E-state index contributed by atoms with van der Waals surface area (Å²) in [6.07, 6.45) is 10.9. The molecule has 1 heterocycles. The van der Waals surface area contributed by atoms with Gasteiger partial charge < -0.3 is 10.2 Å². The molecule has 0 radical (unpaired) electrons. The van der Waals surface area contributed by atoms with E-state index in [2.05, 4.69) is 24.1 Å². The third-order valence-corrected chi connectivity index (χ3v) is 5.13. The Kier molecular flexibility index (Phi) is 6.34. The molecular formula is C17H32N2O. The Labute approximate surface area is 124 Å². The monoisotopic (exact) mass is 280 g/mol. The molecule has 3 nitrogen and oxygen atoms in total. The van der Waals surface area contributed by atoms with Crippen molar-refractivity contribution in [2.45, 2.75) is 83.7 Å². The molecule has 1 N–H and O–H groups in total. The highest BCUT2D eigenvalue weighted by Crippen LogP contribution is 2.27. The third kappa shape index (κ3) is 5.08. The summed E-state index contributed by atoms with van der Waals surface area (Å²) in [7, 11) is 0. The molecule has 116 valence electrons. The van der Waals surface area contributed by atoms with Crippen LogP contribution in [-0.2, 0) is 4.79 Å². The maximum absolute atomic E-state index is 12.0. The van der Waals surface area contributed by atoms with E-state index in [4.69, 9.17) is 0 Å². The minimum atomic E-state index is 0.290. The van der Waals surface area contributed by atoms with Crippen LogP contribution in [0.2, 0.25) is 0 Å². The van der Waals surface area contributed by atoms with E-state index in [1.54, 1.807) is 0 Å². The van der Waals surface area contributed by atoms with Crippen molar-refractivity contribution in [2.24, 2.45) is 5.92 Å². The van der Waals surface area contributed by atoms with E-state index >= 15 is 0 Å². The van der Waals surface area contributed by atoms with Crippen molar-refractivity contribution in [1.82, 2.24) is 10.2 Å². The van der Waals surface area contributed by atoms with Crippen LogP contribution < -0.4 is 5.32 Å². The minimum Gasteiger partial charge on any atom is -0.353 e. The van der Waals surface area contributed by atoms with Crippen LogP contribution in [0.1, 0.15) is 71.6 Å². The lowest BCUT2D eigenvalue weighted by molar-refractivity contribution is -0.122. The van der Waals surface area contributed by atoms with Gasteiger partial charge in [-0.25, -0.2) is 0 Å². The van der Waals surface area contributed by atoms with Gasteiger partial charge >= 0.3 is 0 Å². The summed E-state index contributed by atoms with van der Waals surface area (Å²) in [4.78, 5) is 14.5. The zero-order valence-corrected chi connectivity index (χ0v) is 13.4. The van der Waals surface area contributed by atoms with Crippen molar-refractivity contribution in [3.05, 3.63) is 0 Å². The molecule has 2 fully saturated rings. The first-order valence-electron chi connectivity index (χ1n) is 8.68. The van der Waals surface area contributed by atoms with Crippen LogP contribution in [0.5, 0.6) is 0 Å². The minimum absolute atomic E-state index is 0.290. The number of amides is 1. The molecule has 1 aliphatic heterocycles. The van der Waals surface area contributed by atoms with Gasteiger partial charge in [-0.3, -0.25) is 4.79 Å². The molecular weight excluding hydrogens is 248 g/mol. The van der Waals surface area contributed by atoms with Crippen LogP contribution in [0.15, 0.2) is 0 Å². The van der Waals surface area contributed by atoms with Crippen molar-refractivity contribution in [2.75, 3.05) is 13.1 Å². The zero-order valence-electron chi connectivity index (χ0n) is 13.4. The van der Waals surface area contributed by atoms with E-state index < -0.39 is 0 Å². The van der Waals surface area contributed by atoms with E-state index in [0.29, 0.717) is 18.0 Å². The van der Waals surface area contributed by atoms with E-state index in [1.807, 2.05) is 0 Å². The Morgan fingerprint density at radius 3 is 2.35 bits per heavy atom. The smallest absolute Gasteiger partial charge is 0.220 e. The normalized spacial score (nSPS) is 23.1. The average Bonchev–Trinajstić information content (AvgIpc) is 2.47. The maximum atomic E-state index is 12.0. The fraction of sp³-hybridized carbons (Fsp3) is 0.941. The highest BCUT2D eigenvalue weighted by Gasteiger charge is 2.22. The van der Waals surface area contributed by atoms with Gasteiger partial charge in [-0.2, -0.15) is 0 Å². The quantitative estimate of drug-likeness (QED) is 0.837. The van der Waals surface area contributed by atoms with Crippen LogP contribution in [0, 0.1) is 5.92 Å². The Morgan fingerprint density at radius 2 is 1.75 bits per heavy atom. The van der Waals surface area contributed by atoms with E-state index in [0.717, 1.165) is 44.7 Å². The van der Waals surface area contributed by atoms with Crippen LogP contribution in [0.3, 0.4) is 0 Å². The van der Waals surface area contributed by atoms with Crippen molar-refractivity contribution in [3.8, 4) is 0 Å². The highest BCUT2D eigenvalue weighted by atomic mass is 16.1. The average molecular weight is 280 g/mol. The standard InChI is InChI=1S/C17H32N2O/c1-14(2)19-12-10-16(11-13-19)18-17(20)9-8-15-6-4-3-5-7-15/h14-16H,3-13H2,1-2H3,(H,18,20). The van der Waals surface area contributed by atoms with Gasteiger partial charge in [0.2, 0.25) is 5.91 Å².